The van der Waals surface area contributed by atoms with Gasteiger partial charge in [-0.05, 0) is 30.5 Å². The second-order valence-electron chi connectivity index (χ2n) is 5.90. The van der Waals surface area contributed by atoms with Crippen molar-refractivity contribution in [3.63, 3.8) is 0 Å². The summed E-state index contributed by atoms with van der Waals surface area (Å²) < 4.78 is 0. The molecule has 4 nitrogen and oxygen atoms in total. The molecular weight excluding hydrogens is 288 g/mol. The predicted octanol–water partition coefficient (Wildman–Crippen LogP) is 2.33. The zero-order valence-corrected chi connectivity index (χ0v) is 13.0. The van der Waals surface area contributed by atoms with Gasteiger partial charge in [0, 0.05) is 0 Å². The Kier molecular flexibility index (Phi) is 5.05. The highest BCUT2D eigenvalue weighted by atomic mass is 16.3. The van der Waals surface area contributed by atoms with E-state index in [1.54, 1.807) is 0 Å². The first-order chi connectivity index (χ1) is 11.3. The fourth-order valence-electron chi connectivity index (χ4n) is 3.01. The third kappa shape index (κ3) is 3.78. The first-order valence-electron chi connectivity index (χ1n) is 8.07. The molecule has 0 unspecified atom stereocenters. The summed E-state index contributed by atoms with van der Waals surface area (Å²) in [6.07, 6.45) is 1.06. The van der Waals surface area contributed by atoms with Gasteiger partial charge in [0.05, 0.1) is 12.1 Å². The first-order valence-corrected chi connectivity index (χ1v) is 8.07. The van der Waals surface area contributed by atoms with E-state index in [2.05, 4.69) is 10.6 Å². The predicted molar refractivity (Wildman–Crippen MR) is 89.8 cm³/mol. The van der Waals surface area contributed by atoms with Crippen LogP contribution in [-0.4, -0.2) is 23.6 Å². The Labute approximate surface area is 136 Å². The zero-order chi connectivity index (χ0) is 16.1. The first kappa shape index (κ1) is 15.7. The van der Waals surface area contributed by atoms with Crippen molar-refractivity contribution >= 4 is 5.91 Å². The minimum Gasteiger partial charge on any atom is -0.386 e. The van der Waals surface area contributed by atoms with Gasteiger partial charge >= 0.3 is 0 Å². The number of amides is 1. The Balaban J connectivity index is 1.83. The van der Waals surface area contributed by atoms with Crippen LogP contribution in [0.4, 0.5) is 0 Å². The molecule has 3 N–H and O–H groups in total. The van der Waals surface area contributed by atoms with Gasteiger partial charge in [0.2, 0.25) is 5.91 Å². The number of carbonyl (C=O) groups excluding carboxylic acids is 1. The van der Waals surface area contributed by atoms with Crippen LogP contribution in [0.3, 0.4) is 0 Å². The lowest BCUT2D eigenvalue weighted by Gasteiger charge is -2.26. The van der Waals surface area contributed by atoms with Crippen molar-refractivity contribution < 1.29 is 9.90 Å². The molecule has 0 saturated carbocycles. The molecule has 0 aliphatic carbocycles. The van der Waals surface area contributed by atoms with Crippen LogP contribution in [0.25, 0.3) is 0 Å². The average molecular weight is 310 g/mol. The van der Waals surface area contributed by atoms with Crippen LogP contribution in [-0.2, 0) is 4.79 Å². The monoisotopic (exact) mass is 310 g/mol. The Bertz CT molecular complexity index is 624. The molecule has 1 aliphatic rings. The number of benzene rings is 2. The van der Waals surface area contributed by atoms with Gasteiger partial charge in [0.25, 0.3) is 0 Å². The fourth-order valence-corrected chi connectivity index (χ4v) is 3.01. The molecular formula is C19H22N2O2. The second-order valence-corrected chi connectivity index (χ2v) is 5.90. The summed E-state index contributed by atoms with van der Waals surface area (Å²) in [5.74, 6) is -0.0497. The SMILES string of the molecule is O=C(N[C@H](c1ccccc1)[C@@H](O)c1ccccc1)[C@H]1CCCN1. The molecule has 3 rings (SSSR count). The van der Waals surface area contributed by atoms with Gasteiger partial charge in [0.1, 0.15) is 6.10 Å². The molecule has 4 heteroatoms. The quantitative estimate of drug-likeness (QED) is 0.794. The van der Waals surface area contributed by atoms with Crippen molar-refractivity contribution in [3.8, 4) is 0 Å². The lowest BCUT2D eigenvalue weighted by molar-refractivity contribution is -0.124. The van der Waals surface area contributed by atoms with Gasteiger partial charge in [0.15, 0.2) is 0 Å². The smallest absolute Gasteiger partial charge is 0.237 e. The molecule has 2 aromatic rings. The summed E-state index contributed by atoms with van der Waals surface area (Å²) in [4.78, 5) is 12.5. The van der Waals surface area contributed by atoms with Gasteiger partial charge in [-0.3, -0.25) is 4.79 Å². The summed E-state index contributed by atoms with van der Waals surface area (Å²) in [6, 6.07) is 18.4. The molecule has 120 valence electrons. The minimum absolute atomic E-state index is 0.0497. The van der Waals surface area contributed by atoms with Gasteiger partial charge in [-0.2, -0.15) is 0 Å². The van der Waals surface area contributed by atoms with Crippen molar-refractivity contribution in [1.82, 2.24) is 10.6 Å². The van der Waals surface area contributed by atoms with Gasteiger partial charge in [-0.15, -0.1) is 0 Å². The van der Waals surface area contributed by atoms with E-state index in [0.717, 1.165) is 30.5 Å². The normalized spacial score (nSPS) is 20.0. The van der Waals surface area contributed by atoms with E-state index in [4.69, 9.17) is 0 Å². The van der Waals surface area contributed by atoms with Crippen LogP contribution in [0, 0.1) is 0 Å². The van der Waals surface area contributed by atoms with Crippen LogP contribution in [0.5, 0.6) is 0 Å². The van der Waals surface area contributed by atoms with Gasteiger partial charge in [-0.1, -0.05) is 60.7 Å². The number of rotatable bonds is 5. The van der Waals surface area contributed by atoms with Crippen molar-refractivity contribution in [2.45, 2.75) is 31.0 Å². The highest BCUT2D eigenvalue weighted by Crippen LogP contribution is 2.29. The van der Waals surface area contributed by atoms with E-state index in [1.807, 2.05) is 60.7 Å². The lowest BCUT2D eigenvalue weighted by Crippen LogP contribution is -2.43. The van der Waals surface area contributed by atoms with Crippen molar-refractivity contribution in [1.29, 1.82) is 0 Å². The number of aliphatic hydroxyl groups is 1. The number of carbonyl (C=O) groups is 1. The lowest BCUT2D eigenvalue weighted by atomic mass is 9.95. The van der Waals surface area contributed by atoms with Crippen molar-refractivity contribution in [3.05, 3.63) is 71.8 Å². The minimum atomic E-state index is -0.788. The molecule has 2 aromatic carbocycles. The summed E-state index contributed by atoms with van der Waals surface area (Å²) in [5, 5.41) is 17.0. The molecule has 3 atom stereocenters. The van der Waals surface area contributed by atoms with Crippen LogP contribution >= 0.6 is 0 Å². The van der Waals surface area contributed by atoms with Gasteiger partial charge in [-0.25, -0.2) is 0 Å². The summed E-state index contributed by atoms with van der Waals surface area (Å²) in [6.45, 7) is 0.870. The molecule has 1 saturated heterocycles. The largest absolute Gasteiger partial charge is 0.386 e. The van der Waals surface area contributed by atoms with Crippen LogP contribution in [0.1, 0.15) is 36.1 Å². The van der Waals surface area contributed by atoms with E-state index in [0.29, 0.717) is 0 Å². The number of aliphatic hydroxyl groups excluding tert-OH is 1. The van der Waals surface area contributed by atoms with E-state index in [-0.39, 0.29) is 11.9 Å². The molecule has 0 aromatic heterocycles. The van der Waals surface area contributed by atoms with Crippen LogP contribution in [0.15, 0.2) is 60.7 Å². The molecule has 0 bridgehead atoms. The maximum Gasteiger partial charge on any atom is 0.237 e. The van der Waals surface area contributed by atoms with E-state index in [9.17, 15) is 9.90 Å². The summed E-state index contributed by atoms with van der Waals surface area (Å²) in [7, 11) is 0. The van der Waals surface area contributed by atoms with E-state index >= 15 is 0 Å². The third-order valence-electron chi connectivity index (χ3n) is 4.29. The Morgan fingerprint density at radius 1 is 1.04 bits per heavy atom. The Morgan fingerprint density at radius 3 is 2.22 bits per heavy atom. The van der Waals surface area contributed by atoms with Gasteiger partial charge < -0.3 is 15.7 Å². The number of hydrogen-bond donors (Lipinski definition) is 3. The number of nitrogens with one attached hydrogen (secondary N) is 2. The second kappa shape index (κ2) is 7.40. The van der Waals surface area contributed by atoms with Crippen molar-refractivity contribution in [2.75, 3.05) is 6.54 Å². The maximum absolute atomic E-state index is 12.5. The molecule has 1 fully saturated rings. The van der Waals surface area contributed by atoms with Crippen LogP contribution in [0.2, 0.25) is 0 Å². The summed E-state index contributed by atoms with van der Waals surface area (Å²) >= 11 is 0. The standard InChI is InChI=1S/C19H22N2O2/c22-18(15-10-5-2-6-11-15)17(14-8-3-1-4-9-14)21-19(23)16-12-7-13-20-16/h1-6,8-11,16-18,20,22H,7,12-13H2,(H,21,23)/t16-,17-,18+/m1/s1. The highest BCUT2D eigenvalue weighted by Gasteiger charge is 2.29. The van der Waals surface area contributed by atoms with E-state index in [1.165, 1.54) is 0 Å². The van der Waals surface area contributed by atoms with E-state index < -0.39 is 12.1 Å². The Morgan fingerprint density at radius 2 is 1.65 bits per heavy atom. The Hall–Kier alpha value is -2.17. The molecule has 1 amide bonds. The molecule has 0 spiro atoms. The molecule has 23 heavy (non-hydrogen) atoms. The molecule has 1 heterocycles. The fraction of sp³-hybridized carbons (Fsp3) is 0.316. The number of hydrogen-bond acceptors (Lipinski definition) is 3. The average Bonchev–Trinajstić information content (AvgIpc) is 3.15. The topological polar surface area (TPSA) is 61.4 Å². The highest BCUT2D eigenvalue weighted by molar-refractivity contribution is 5.82. The molecule has 0 radical (unpaired) electrons. The van der Waals surface area contributed by atoms with Crippen LogP contribution < -0.4 is 10.6 Å². The molecule has 1 aliphatic heterocycles. The summed E-state index contributed by atoms with van der Waals surface area (Å²) in [5.41, 5.74) is 1.69. The zero-order valence-electron chi connectivity index (χ0n) is 13.0. The third-order valence-corrected chi connectivity index (χ3v) is 4.29. The van der Waals surface area contributed by atoms with Crippen molar-refractivity contribution in [2.24, 2.45) is 0 Å². The maximum atomic E-state index is 12.5.